The zero-order chi connectivity index (χ0) is 20.3. The Bertz CT molecular complexity index is 851. The fourth-order valence-corrected chi connectivity index (χ4v) is 3.61. The molecule has 1 fully saturated rings. The molecule has 0 spiro atoms. The molecule has 3 nitrogen and oxygen atoms in total. The van der Waals surface area contributed by atoms with Gasteiger partial charge >= 0.3 is 0 Å². The van der Waals surface area contributed by atoms with Crippen LogP contribution >= 0.6 is 0 Å². The maximum Gasteiger partial charge on any atom is 0.246 e. The lowest BCUT2D eigenvalue weighted by Crippen LogP contribution is -2.48. The van der Waals surface area contributed by atoms with Gasteiger partial charge in [-0.15, -0.1) is 0 Å². The molecule has 1 aliphatic heterocycles. The molecule has 1 heterocycles. The summed E-state index contributed by atoms with van der Waals surface area (Å²) in [6.45, 7) is 14.2. The van der Waals surface area contributed by atoms with Crippen LogP contribution in [0, 0.1) is 13.8 Å². The van der Waals surface area contributed by atoms with Crippen LogP contribution in [-0.4, -0.2) is 37.0 Å². The lowest BCUT2D eigenvalue weighted by atomic mass is 9.87. The molecule has 3 heteroatoms. The third kappa shape index (κ3) is 4.64. The van der Waals surface area contributed by atoms with Gasteiger partial charge in [0.2, 0.25) is 5.91 Å². The number of nitrogens with zero attached hydrogens (tertiary/aromatic N) is 2. The summed E-state index contributed by atoms with van der Waals surface area (Å²) in [7, 11) is 0. The predicted molar refractivity (Wildman–Crippen MR) is 119 cm³/mol. The zero-order valence-electron chi connectivity index (χ0n) is 17.8. The Hall–Kier alpha value is -2.55. The fraction of sp³-hybridized carbons (Fsp3) is 0.400. The summed E-state index contributed by atoms with van der Waals surface area (Å²) >= 11 is 0. The number of aryl methyl sites for hydroxylation is 1. The molecule has 0 radical (unpaired) electrons. The molecule has 148 valence electrons. The van der Waals surface area contributed by atoms with Gasteiger partial charge in [0.15, 0.2) is 0 Å². The van der Waals surface area contributed by atoms with Gasteiger partial charge in [-0.2, -0.15) is 0 Å². The van der Waals surface area contributed by atoms with Gasteiger partial charge in [0.1, 0.15) is 0 Å². The van der Waals surface area contributed by atoms with E-state index in [1.807, 2.05) is 11.0 Å². The van der Waals surface area contributed by atoms with Crippen molar-refractivity contribution in [3.8, 4) is 0 Å². The van der Waals surface area contributed by atoms with Gasteiger partial charge in [0.25, 0.3) is 0 Å². The number of hydrogen-bond acceptors (Lipinski definition) is 2. The van der Waals surface area contributed by atoms with E-state index < -0.39 is 0 Å². The summed E-state index contributed by atoms with van der Waals surface area (Å²) in [4.78, 5) is 16.9. The number of hydrogen-bond donors (Lipinski definition) is 0. The van der Waals surface area contributed by atoms with Crippen LogP contribution in [0.3, 0.4) is 0 Å². The van der Waals surface area contributed by atoms with Crippen LogP contribution in [0.1, 0.15) is 43.0 Å². The zero-order valence-corrected chi connectivity index (χ0v) is 17.8. The fourth-order valence-electron chi connectivity index (χ4n) is 3.61. The minimum atomic E-state index is 0.0977. The Morgan fingerprint density at radius 1 is 0.929 bits per heavy atom. The average Bonchev–Trinajstić information content (AvgIpc) is 2.68. The van der Waals surface area contributed by atoms with Crippen LogP contribution in [-0.2, 0) is 10.2 Å². The van der Waals surface area contributed by atoms with Gasteiger partial charge in [-0.1, -0.05) is 57.2 Å². The Morgan fingerprint density at radius 3 is 2.18 bits per heavy atom. The number of anilines is 1. The number of carbonyl (C=O) groups is 1. The smallest absolute Gasteiger partial charge is 0.246 e. The van der Waals surface area contributed by atoms with E-state index in [-0.39, 0.29) is 11.3 Å². The molecular weight excluding hydrogens is 344 g/mol. The highest BCUT2D eigenvalue weighted by Crippen LogP contribution is 2.24. The first-order valence-corrected chi connectivity index (χ1v) is 10.1. The Morgan fingerprint density at radius 2 is 1.57 bits per heavy atom. The molecule has 0 aliphatic carbocycles. The normalized spacial score (nSPS) is 15.3. The van der Waals surface area contributed by atoms with E-state index in [4.69, 9.17) is 0 Å². The van der Waals surface area contributed by atoms with Crippen molar-refractivity contribution in [3.05, 3.63) is 70.8 Å². The first-order chi connectivity index (χ1) is 13.3. The molecule has 1 saturated heterocycles. The van der Waals surface area contributed by atoms with Gasteiger partial charge in [0, 0.05) is 37.9 Å². The number of amides is 1. The van der Waals surface area contributed by atoms with Crippen molar-refractivity contribution in [2.75, 3.05) is 31.1 Å². The molecule has 0 saturated carbocycles. The molecule has 0 bridgehead atoms. The third-order valence-electron chi connectivity index (χ3n) is 5.70. The van der Waals surface area contributed by atoms with E-state index in [1.54, 1.807) is 6.08 Å². The second-order valence-corrected chi connectivity index (χ2v) is 8.74. The monoisotopic (exact) mass is 376 g/mol. The van der Waals surface area contributed by atoms with Crippen molar-refractivity contribution in [1.29, 1.82) is 0 Å². The summed E-state index contributed by atoms with van der Waals surface area (Å²) in [6.07, 6.45) is 3.63. The number of carbonyl (C=O) groups excluding carboxylic acids is 1. The molecule has 0 atom stereocenters. The van der Waals surface area contributed by atoms with Crippen molar-refractivity contribution < 1.29 is 4.79 Å². The third-order valence-corrected chi connectivity index (χ3v) is 5.70. The molecule has 28 heavy (non-hydrogen) atoms. The van der Waals surface area contributed by atoms with Gasteiger partial charge in [-0.3, -0.25) is 4.79 Å². The van der Waals surface area contributed by atoms with Gasteiger partial charge in [-0.25, -0.2) is 0 Å². The van der Waals surface area contributed by atoms with Crippen molar-refractivity contribution in [1.82, 2.24) is 4.90 Å². The van der Waals surface area contributed by atoms with Crippen molar-refractivity contribution in [2.45, 2.75) is 40.0 Å². The number of piperazine rings is 1. The topological polar surface area (TPSA) is 23.6 Å². The number of rotatable bonds is 3. The molecule has 1 aliphatic rings. The highest BCUT2D eigenvalue weighted by atomic mass is 16.2. The molecule has 2 aromatic carbocycles. The van der Waals surface area contributed by atoms with Crippen LogP contribution in [0.2, 0.25) is 0 Å². The van der Waals surface area contributed by atoms with Crippen LogP contribution in [0.15, 0.2) is 48.5 Å². The summed E-state index contributed by atoms with van der Waals surface area (Å²) in [5, 5.41) is 0. The van der Waals surface area contributed by atoms with E-state index in [9.17, 15) is 4.79 Å². The summed E-state index contributed by atoms with van der Waals surface area (Å²) < 4.78 is 0. The largest absolute Gasteiger partial charge is 0.368 e. The first-order valence-electron chi connectivity index (χ1n) is 10.1. The molecular formula is C25H32N2O. The second kappa shape index (κ2) is 8.22. The van der Waals surface area contributed by atoms with Crippen LogP contribution in [0.4, 0.5) is 5.69 Å². The van der Waals surface area contributed by atoms with E-state index >= 15 is 0 Å². The van der Waals surface area contributed by atoms with E-state index in [1.165, 1.54) is 22.4 Å². The second-order valence-electron chi connectivity index (χ2n) is 8.74. The van der Waals surface area contributed by atoms with Crippen LogP contribution in [0.25, 0.3) is 6.08 Å². The molecule has 0 unspecified atom stereocenters. The van der Waals surface area contributed by atoms with Gasteiger partial charge in [0.05, 0.1) is 0 Å². The minimum absolute atomic E-state index is 0.0977. The highest BCUT2D eigenvalue weighted by molar-refractivity contribution is 5.92. The average molecular weight is 377 g/mol. The molecule has 3 rings (SSSR count). The van der Waals surface area contributed by atoms with Gasteiger partial charge < -0.3 is 9.80 Å². The standard InChI is InChI=1S/C25H32N2O/c1-19-7-6-8-23(20(19)2)26-15-17-27(18-16-26)24(28)14-11-21-9-12-22(13-10-21)25(3,4)5/h6-14H,15-18H2,1-5H3/b14-11-. The Labute approximate surface area is 169 Å². The summed E-state index contributed by atoms with van der Waals surface area (Å²) in [6, 6.07) is 14.9. The number of benzene rings is 2. The molecule has 0 N–H and O–H groups in total. The summed E-state index contributed by atoms with van der Waals surface area (Å²) in [5.74, 6) is 0.0977. The molecule has 1 amide bonds. The molecule has 2 aromatic rings. The maximum absolute atomic E-state index is 12.6. The maximum atomic E-state index is 12.6. The van der Waals surface area contributed by atoms with E-state index in [0.717, 1.165) is 31.7 Å². The van der Waals surface area contributed by atoms with Crippen molar-refractivity contribution in [2.24, 2.45) is 0 Å². The minimum Gasteiger partial charge on any atom is -0.368 e. The first kappa shape index (κ1) is 20.2. The SMILES string of the molecule is Cc1cccc(N2CCN(C(=O)/C=C\c3ccc(C(C)(C)C)cc3)CC2)c1C. The van der Waals surface area contributed by atoms with Gasteiger partial charge in [-0.05, 0) is 53.7 Å². The summed E-state index contributed by atoms with van der Waals surface area (Å²) in [5.41, 5.74) is 6.46. The lowest BCUT2D eigenvalue weighted by Gasteiger charge is -2.36. The highest BCUT2D eigenvalue weighted by Gasteiger charge is 2.21. The van der Waals surface area contributed by atoms with Crippen LogP contribution < -0.4 is 4.90 Å². The Balaban J connectivity index is 1.58. The van der Waals surface area contributed by atoms with E-state index in [0.29, 0.717) is 0 Å². The van der Waals surface area contributed by atoms with Crippen molar-refractivity contribution in [3.63, 3.8) is 0 Å². The lowest BCUT2D eigenvalue weighted by molar-refractivity contribution is -0.126. The van der Waals surface area contributed by atoms with E-state index in [2.05, 4.69) is 82.0 Å². The quantitative estimate of drug-likeness (QED) is 0.707. The predicted octanol–water partition coefficient (Wildman–Crippen LogP) is 4.96. The molecule has 0 aromatic heterocycles. The van der Waals surface area contributed by atoms with Crippen molar-refractivity contribution >= 4 is 17.7 Å². The van der Waals surface area contributed by atoms with Crippen LogP contribution in [0.5, 0.6) is 0 Å². The Kier molecular flexibility index (Phi) is 5.93.